The highest BCUT2D eigenvalue weighted by Gasteiger charge is 2.30. The van der Waals surface area contributed by atoms with Crippen LogP contribution in [0.2, 0.25) is 0 Å². The number of carboxylic acids is 1. The first-order valence-corrected chi connectivity index (χ1v) is 7.27. The number of pyridine rings is 1. The monoisotopic (exact) mass is 287 g/mol. The molecule has 0 bridgehead atoms. The van der Waals surface area contributed by atoms with Crippen LogP contribution in [0.5, 0.6) is 0 Å². The maximum absolute atomic E-state index is 14.2. The molecular weight excluding hydrogens is 269 g/mol. The average Bonchev–Trinajstić information content (AvgIpc) is 2.41. The van der Waals surface area contributed by atoms with Crippen molar-refractivity contribution in [2.45, 2.75) is 45.4 Å². The Kier molecular flexibility index (Phi) is 3.19. The Hall–Kier alpha value is -1.97. The predicted molar refractivity (Wildman–Crippen MR) is 79.5 cm³/mol. The first kappa shape index (κ1) is 14.0. The fourth-order valence-corrected chi connectivity index (χ4v) is 3.38. The number of rotatable bonds is 1. The molecule has 110 valence electrons. The van der Waals surface area contributed by atoms with Crippen LogP contribution in [0, 0.1) is 12.7 Å². The molecule has 4 heteroatoms. The Bertz CT molecular complexity index is 754. The SMILES string of the molecule is Cc1cc(F)c2nc3c(c(C(=O)O)c2c1)C(C)CCC3C. The molecule has 3 rings (SSSR count). The molecule has 0 saturated heterocycles. The van der Waals surface area contributed by atoms with Gasteiger partial charge in [0.05, 0.1) is 5.56 Å². The number of aryl methyl sites for hydroxylation is 1. The van der Waals surface area contributed by atoms with E-state index in [-0.39, 0.29) is 22.9 Å². The van der Waals surface area contributed by atoms with Crippen LogP contribution in [0.3, 0.4) is 0 Å². The average molecular weight is 287 g/mol. The highest BCUT2D eigenvalue weighted by atomic mass is 19.1. The lowest BCUT2D eigenvalue weighted by Crippen LogP contribution is -2.18. The Morgan fingerprint density at radius 3 is 2.62 bits per heavy atom. The molecule has 2 unspecified atom stereocenters. The molecule has 3 nitrogen and oxygen atoms in total. The molecule has 0 aliphatic heterocycles. The van der Waals surface area contributed by atoms with Gasteiger partial charge in [-0.2, -0.15) is 0 Å². The second-order valence-electron chi connectivity index (χ2n) is 6.11. The minimum absolute atomic E-state index is 0.141. The molecule has 0 saturated carbocycles. The van der Waals surface area contributed by atoms with E-state index in [9.17, 15) is 14.3 Å². The van der Waals surface area contributed by atoms with E-state index in [1.807, 2.05) is 13.8 Å². The van der Waals surface area contributed by atoms with E-state index in [0.717, 1.165) is 24.1 Å². The Morgan fingerprint density at radius 2 is 1.95 bits per heavy atom. The lowest BCUT2D eigenvalue weighted by molar-refractivity contribution is 0.0696. The normalized spacial score (nSPS) is 21.3. The first-order valence-electron chi connectivity index (χ1n) is 7.27. The lowest BCUT2D eigenvalue weighted by Gasteiger charge is -2.28. The summed E-state index contributed by atoms with van der Waals surface area (Å²) < 4.78 is 14.2. The number of fused-ring (bicyclic) bond motifs is 2. The Morgan fingerprint density at radius 1 is 1.29 bits per heavy atom. The van der Waals surface area contributed by atoms with Crippen molar-refractivity contribution in [3.05, 3.63) is 40.3 Å². The van der Waals surface area contributed by atoms with Crippen LogP contribution in [-0.4, -0.2) is 16.1 Å². The van der Waals surface area contributed by atoms with Gasteiger partial charge in [-0.15, -0.1) is 0 Å². The summed E-state index contributed by atoms with van der Waals surface area (Å²) in [6.45, 7) is 5.82. The van der Waals surface area contributed by atoms with Crippen molar-refractivity contribution < 1.29 is 14.3 Å². The molecule has 1 aliphatic rings. The van der Waals surface area contributed by atoms with Gasteiger partial charge in [-0.3, -0.25) is 0 Å². The van der Waals surface area contributed by atoms with Gasteiger partial charge in [0.2, 0.25) is 0 Å². The van der Waals surface area contributed by atoms with E-state index in [0.29, 0.717) is 10.9 Å². The van der Waals surface area contributed by atoms with E-state index in [1.165, 1.54) is 6.07 Å². The zero-order chi connectivity index (χ0) is 15.3. The van der Waals surface area contributed by atoms with E-state index in [4.69, 9.17) is 0 Å². The van der Waals surface area contributed by atoms with Gasteiger partial charge >= 0.3 is 5.97 Å². The first-order chi connectivity index (χ1) is 9.90. The van der Waals surface area contributed by atoms with E-state index >= 15 is 0 Å². The number of aromatic carboxylic acids is 1. The number of aromatic nitrogens is 1. The largest absolute Gasteiger partial charge is 0.478 e. The van der Waals surface area contributed by atoms with Crippen LogP contribution in [0.1, 0.15) is 65.7 Å². The topological polar surface area (TPSA) is 50.2 Å². The fraction of sp³-hybridized carbons (Fsp3) is 0.412. The molecule has 0 spiro atoms. The van der Waals surface area contributed by atoms with E-state index < -0.39 is 11.8 Å². The number of carbonyl (C=O) groups is 1. The van der Waals surface area contributed by atoms with Crippen molar-refractivity contribution in [3.63, 3.8) is 0 Å². The summed E-state index contributed by atoms with van der Waals surface area (Å²) in [7, 11) is 0. The van der Waals surface area contributed by atoms with Crippen LogP contribution in [-0.2, 0) is 0 Å². The third-order valence-corrected chi connectivity index (χ3v) is 4.46. The zero-order valence-electron chi connectivity index (χ0n) is 12.4. The third kappa shape index (κ3) is 2.09. The van der Waals surface area contributed by atoms with Crippen LogP contribution in [0.15, 0.2) is 12.1 Å². The molecule has 1 heterocycles. The highest BCUT2D eigenvalue weighted by Crippen LogP contribution is 2.41. The summed E-state index contributed by atoms with van der Waals surface area (Å²) in [4.78, 5) is 16.3. The van der Waals surface area contributed by atoms with Crippen molar-refractivity contribution in [1.29, 1.82) is 0 Å². The molecule has 21 heavy (non-hydrogen) atoms. The van der Waals surface area contributed by atoms with Crippen molar-refractivity contribution >= 4 is 16.9 Å². The predicted octanol–water partition coefficient (Wildman–Crippen LogP) is 4.38. The van der Waals surface area contributed by atoms with Crippen LogP contribution >= 0.6 is 0 Å². The standard InChI is InChI=1S/C17H18FNO2/c1-8-6-11-14(17(20)21)13-9(2)4-5-10(3)15(13)19-16(11)12(18)7-8/h6-7,9-10H,4-5H2,1-3H3,(H,20,21). The number of hydrogen-bond acceptors (Lipinski definition) is 2. The highest BCUT2D eigenvalue weighted by molar-refractivity contribution is 6.04. The second kappa shape index (κ2) is 4.79. The number of carboxylic acid groups (broad SMARTS) is 1. The molecule has 0 amide bonds. The van der Waals surface area contributed by atoms with Crippen molar-refractivity contribution in [2.24, 2.45) is 0 Å². The van der Waals surface area contributed by atoms with Gasteiger partial charge in [-0.25, -0.2) is 14.2 Å². The third-order valence-electron chi connectivity index (χ3n) is 4.46. The summed E-state index contributed by atoms with van der Waals surface area (Å²) in [5.41, 5.74) is 2.66. The summed E-state index contributed by atoms with van der Waals surface area (Å²) >= 11 is 0. The summed E-state index contributed by atoms with van der Waals surface area (Å²) in [6.07, 6.45) is 1.90. The minimum atomic E-state index is -0.996. The molecule has 1 N–H and O–H groups in total. The Labute approximate surface area is 122 Å². The maximum atomic E-state index is 14.2. The fourth-order valence-electron chi connectivity index (χ4n) is 3.38. The number of benzene rings is 1. The van der Waals surface area contributed by atoms with Crippen LogP contribution in [0.4, 0.5) is 4.39 Å². The van der Waals surface area contributed by atoms with Gasteiger partial charge in [0.15, 0.2) is 0 Å². The van der Waals surface area contributed by atoms with E-state index in [2.05, 4.69) is 4.98 Å². The molecule has 1 aromatic heterocycles. The quantitative estimate of drug-likeness (QED) is 0.846. The Balaban J connectivity index is 2.50. The second-order valence-corrected chi connectivity index (χ2v) is 6.11. The van der Waals surface area contributed by atoms with Gasteiger partial charge in [0.1, 0.15) is 11.3 Å². The summed E-state index contributed by atoms with van der Waals surface area (Å²) in [5.74, 6) is -1.13. The molecule has 1 aliphatic carbocycles. The lowest BCUT2D eigenvalue weighted by atomic mass is 9.78. The van der Waals surface area contributed by atoms with Gasteiger partial charge in [-0.1, -0.05) is 13.8 Å². The molecule has 0 radical (unpaired) electrons. The van der Waals surface area contributed by atoms with Gasteiger partial charge in [0.25, 0.3) is 0 Å². The smallest absolute Gasteiger partial charge is 0.336 e. The number of hydrogen-bond donors (Lipinski definition) is 1. The maximum Gasteiger partial charge on any atom is 0.336 e. The summed E-state index contributed by atoms with van der Waals surface area (Å²) in [6, 6.07) is 3.13. The van der Waals surface area contributed by atoms with Crippen LogP contribution < -0.4 is 0 Å². The van der Waals surface area contributed by atoms with Crippen molar-refractivity contribution in [1.82, 2.24) is 4.98 Å². The van der Waals surface area contributed by atoms with Crippen LogP contribution in [0.25, 0.3) is 10.9 Å². The molecule has 0 fully saturated rings. The van der Waals surface area contributed by atoms with Crippen molar-refractivity contribution in [2.75, 3.05) is 0 Å². The van der Waals surface area contributed by atoms with Gasteiger partial charge in [0, 0.05) is 11.1 Å². The zero-order valence-corrected chi connectivity index (χ0v) is 12.4. The number of halogens is 1. The number of nitrogens with zero attached hydrogens (tertiary/aromatic N) is 1. The van der Waals surface area contributed by atoms with Crippen molar-refractivity contribution in [3.8, 4) is 0 Å². The summed E-state index contributed by atoms with van der Waals surface area (Å²) in [5, 5.41) is 10.1. The van der Waals surface area contributed by atoms with Gasteiger partial charge in [-0.05, 0) is 54.9 Å². The molecular formula is C17H18FNO2. The molecule has 1 aromatic carbocycles. The molecule has 2 atom stereocenters. The minimum Gasteiger partial charge on any atom is -0.478 e. The van der Waals surface area contributed by atoms with E-state index in [1.54, 1.807) is 13.0 Å². The van der Waals surface area contributed by atoms with Gasteiger partial charge < -0.3 is 5.11 Å². The molecule has 2 aromatic rings.